The van der Waals surface area contributed by atoms with E-state index in [0.29, 0.717) is 32.3 Å². The molecular formula is C15H22N2O4. The highest BCUT2D eigenvalue weighted by Gasteiger charge is 2.16. The molecule has 1 aliphatic rings. The van der Waals surface area contributed by atoms with E-state index in [2.05, 4.69) is 18.7 Å². The van der Waals surface area contributed by atoms with Gasteiger partial charge >= 0.3 is 0 Å². The number of anilines is 1. The maximum atomic E-state index is 11.1. The molecule has 0 spiro atoms. The summed E-state index contributed by atoms with van der Waals surface area (Å²) in [4.78, 5) is 12.9. The van der Waals surface area contributed by atoms with Gasteiger partial charge in [-0.05, 0) is 17.5 Å². The first kappa shape index (κ1) is 15.7. The molecule has 0 radical (unpaired) electrons. The molecule has 1 aromatic carbocycles. The summed E-state index contributed by atoms with van der Waals surface area (Å²) in [7, 11) is 0. The van der Waals surface area contributed by atoms with Crippen molar-refractivity contribution in [1.29, 1.82) is 0 Å². The Labute approximate surface area is 124 Å². The van der Waals surface area contributed by atoms with Gasteiger partial charge in [0.05, 0.1) is 24.7 Å². The molecule has 116 valence electrons. The first-order chi connectivity index (χ1) is 10.1. The van der Waals surface area contributed by atoms with Gasteiger partial charge in [-0.1, -0.05) is 13.8 Å². The predicted molar refractivity (Wildman–Crippen MR) is 80.6 cm³/mol. The fourth-order valence-corrected chi connectivity index (χ4v) is 2.26. The molecule has 1 saturated heterocycles. The SMILES string of the molecule is CC(C)COCc1cc(N2CCOCC2)cc([N+](=O)[O-])c1. The fraction of sp³-hybridized carbons (Fsp3) is 0.600. The number of hydrogen-bond acceptors (Lipinski definition) is 5. The summed E-state index contributed by atoms with van der Waals surface area (Å²) in [6, 6.07) is 5.18. The summed E-state index contributed by atoms with van der Waals surface area (Å²) in [5, 5.41) is 11.1. The Bertz CT molecular complexity index is 485. The quantitative estimate of drug-likeness (QED) is 0.596. The Kier molecular flexibility index (Phi) is 5.52. The Hall–Kier alpha value is -1.66. The summed E-state index contributed by atoms with van der Waals surface area (Å²) >= 11 is 0. The van der Waals surface area contributed by atoms with E-state index in [-0.39, 0.29) is 10.6 Å². The molecule has 0 aromatic heterocycles. The van der Waals surface area contributed by atoms with Crippen LogP contribution in [-0.4, -0.2) is 37.8 Å². The zero-order valence-corrected chi connectivity index (χ0v) is 12.6. The number of nitrogens with zero attached hydrogens (tertiary/aromatic N) is 2. The Morgan fingerprint density at radius 3 is 2.67 bits per heavy atom. The lowest BCUT2D eigenvalue weighted by molar-refractivity contribution is -0.384. The third-order valence-corrected chi connectivity index (χ3v) is 3.27. The van der Waals surface area contributed by atoms with Crippen LogP contribution in [0, 0.1) is 16.0 Å². The van der Waals surface area contributed by atoms with Gasteiger partial charge in [0.15, 0.2) is 0 Å². The number of ether oxygens (including phenoxy) is 2. The number of benzene rings is 1. The van der Waals surface area contributed by atoms with Crippen molar-refractivity contribution >= 4 is 11.4 Å². The minimum absolute atomic E-state index is 0.113. The highest BCUT2D eigenvalue weighted by atomic mass is 16.6. The van der Waals surface area contributed by atoms with Gasteiger partial charge in [-0.3, -0.25) is 10.1 Å². The van der Waals surface area contributed by atoms with Crippen LogP contribution in [-0.2, 0) is 16.1 Å². The molecule has 0 amide bonds. The largest absolute Gasteiger partial charge is 0.378 e. The van der Waals surface area contributed by atoms with Gasteiger partial charge in [0.25, 0.3) is 5.69 Å². The molecule has 6 nitrogen and oxygen atoms in total. The molecule has 0 bridgehead atoms. The first-order valence-electron chi connectivity index (χ1n) is 7.25. The normalized spacial score (nSPS) is 15.5. The average molecular weight is 294 g/mol. The van der Waals surface area contributed by atoms with Crippen LogP contribution in [0.15, 0.2) is 18.2 Å². The van der Waals surface area contributed by atoms with E-state index in [1.807, 2.05) is 6.07 Å². The molecular weight excluding hydrogens is 272 g/mol. The van der Waals surface area contributed by atoms with Crippen LogP contribution < -0.4 is 4.90 Å². The standard InChI is InChI=1S/C15H22N2O4/c1-12(2)10-21-11-13-7-14(9-15(8-13)17(18)19)16-3-5-20-6-4-16/h7-9,12H,3-6,10-11H2,1-2H3. The number of nitro groups is 1. The molecule has 0 saturated carbocycles. The maximum Gasteiger partial charge on any atom is 0.271 e. The fourth-order valence-electron chi connectivity index (χ4n) is 2.26. The molecule has 1 aromatic rings. The smallest absolute Gasteiger partial charge is 0.271 e. The van der Waals surface area contributed by atoms with Crippen molar-refractivity contribution in [1.82, 2.24) is 0 Å². The van der Waals surface area contributed by atoms with Gasteiger partial charge in [-0.25, -0.2) is 0 Å². The molecule has 1 heterocycles. The highest BCUT2D eigenvalue weighted by molar-refractivity contribution is 5.56. The number of nitro benzene ring substituents is 1. The lowest BCUT2D eigenvalue weighted by Crippen LogP contribution is -2.36. The zero-order chi connectivity index (χ0) is 15.2. The van der Waals surface area contributed by atoms with Gasteiger partial charge in [0, 0.05) is 37.5 Å². The second-order valence-corrected chi connectivity index (χ2v) is 5.62. The molecule has 1 fully saturated rings. The molecule has 0 atom stereocenters. The van der Waals surface area contributed by atoms with Crippen LogP contribution in [0.25, 0.3) is 0 Å². The van der Waals surface area contributed by atoms with E-state index in [0.717, 1.165) is 24.3 Å². The van der Waals surface area contributed by atoms with Gasteiger partial charge in [-0.15, -0.1) is 0 Å². The third-order valence-electron chi connectivity index (χ3n) is 3.27. The van der Waals surface area contributed by atoms with Crippen molar-refractivity contribution in [2.45, 2.75) is 20.5 Å². The Balaban J connectivity index is 2.15. The van der Waals surface area contributed by atoms with Crippen molar-refractivity contribution < 1.29 is 14.4 Å². The molecule has 2 rings (SSSR count). The molecule has 0 unspecified atom stereocenters. The predicted octanol–water partition coefficient (Wildman–Crippen LogP) is 2.60. The summed E-state index contributed by atoms with van der Waals surface area (Å²) in [5.41, 5.74) is 1.82. The monoisotopic (exact) mass is 294 g/mol. The second kappa shape index (κ2) is 7.38. The van der Waals surface area contributed by atoms with E-state index in [4.69, 9.17) is 9.47 Å². The highest BCUT2D eigenvalue weighted by Crippen LogP contribution is 2.25. The van der Waals surface area contributed by atoms with E-state index in [1.165, 1.54) is 0 Å². The Morgan fingerprint density at radius 2 is 2.05 bits per heavy atom. The van der Waals surface area contributed by atoms with Crippen molar-refractivity contribution in [2.24, 2.45) is 5.92 Å². The van der Waals surface area contributed by atoms with Gasteiger partial charge < -0.3 is 14.4 Å². The number of non-ortho nitro benzene ring substituents is 1. The third kappa shape index (κ3) is 4.68. The molecule has 0 N–H and O–H groups in total. The Morgan fingerprint density at radius 1 is 1.33 bits per heavy atom. The average Bonchev–Trinajstić information content (AvgIpc) is 2.47. The lowest BCUT2D eigenvalue weighted by Gasteiger charge is -2.29. The number of hydrogen-bond donors (Lipinski definition) is 0. The zero-order valence-electron chi connectivity index (χ0n) is 12.6. The molecule has 6 heteroatoms. The van der Waals surface area contributed by atoms with E-state index in [9.17, 15) is 10.1 Å². The van der Waals surface area contributed by atoms with Crippen molar-refractivity contribution in [3.63, 3.8) is 0 Å². The minimum Gasteiger partial charge on any atom is -0.378 e. The van der Waals surface area contributed by atoms with Crippen LogP contribution in [0.4, 0.5) is 11.4 Å². The van der Waals surface area contributed by atoms with Crippen LogP contribution >= 0.6 is 0 Å². The van der Waals surface area contributed by atoms with E-state index in [1.54, 1.807) is 12.1 Å². The first-order valence-corrected chi connectivity index (χ1v) is 7.25. The van der Waals surface area contributed by atoms with Crippen molar-refractivity contribution in [3.05, 3.63) is 33.9 Å². The van der Waals surface area contributed by atoms with Crippen LogP contribution in [0.1, 0.15) is 19.4 Å². The van der Waals surface area contributed by atoms with Gasteiger partial charge in [-0.2, -0.15) is 0 Å². The summed E-state index contributed by atoms with van der Waals surface area (Å²) in [6.45, 7) is 8.02. The van der Waals surface area contributed by atoms with Crippen molar-refractivity contribution in [3.8, 4) is 0 Å². The minimum atomic E-state index is -0.351. The molecule has 21 heavy (non-hydrogen) atoms. The lowest BCUT2D eigenvalue weighted by atomic mass is 10.1. The summed E-state index contributed by atoms with van der Waals surface area (Å²) in [6.07, 6.45) is 0. The number of rotatable bonds is 6. The maximum absolute atomic E-state index is 11.1. The van der Waals surface area contributed by atoms with Crippen LogP contribution in [0.2, 0.25) is 0 Å². The van der Waals surface area contributed by atoms with E-state index < -0.39 is 0 Å². The van der Waals surface area contributed by atoms with Crippen LogP contribution in [0.3, 0.4) is 0 Å². The van der Waals surface area contributed by atoms with Crippen LogP contribution in [0.5, 0.6) is 0 Å². The summed E-state index contributed by atoms with van der Waals surface area (Å²) in [5.74, 6) is 0.447. The van der Waals surface area contributed by atoms with E-state index >= 15 is 0 Å². The van der Waals surface area contributed by atoms with Gasteiger partial charge in [0.1, 0.15) is 0 Å². The van der Waals surface area contributed by atoms with Crippen molar-refractivity contribution in [2.75, 3.05) is 37.8 Å². The molecule has 0 aliphatic carbocycles. The molecule has 1 aliphatic heterocycles. The van der Waals surface area contributed by atoms with Gasteiger partial charge in [0.2, 0.25) is 0 Å². The summed E-state index contributed by atoms with van der Waals surface area (Å²) < 4.78 is 10.9. The topological polar surface area (TPSA) is 64.8 Å². The second-order valence-electron chi connectivity index (χ2n) is 5.62. The number of morpholine rings is 1.